The maximum atomic E-state index is 12.4. The van der Waals surface area contributed by atoms with Gasteiger partial charge in [-0.25, -0.2) is 18.5 Å². The smallest absolute Gasteiger partial charge is 0.158 e. The van der Waals surface area contributed by atoms with Crippen molar-refractivity contribution in [2.24, 2.45) is 4.36 Å². The first-order chi connectivity index (χ1) is 9.85. The normalized spacial score (nSPS) is 13.7. The molecule has 0 bridgehead atoms. The first-order valence-corrected chi connectivity index (χ1v) is 9.19. The Morgan fingerprint density at radius 2 is 2.10 bits per heavy atom. The van der Waals surface area contributed by atoms with Gasteiger partial charge in [0.2, 0.25) is 0 Å². The SMILES string of the molecule is CN=S(C)(=O)c1cccc(Sc2ncc(Cl)nc2N)c1Cl. The molecule has 1 aromatic carbocycles. The lowest BCUT2D eigenvalue weighted by molar-refractivity contribution is 0.680. The predicted molar refractivity (Wildman–Crippen MR) is 87.7 cm³/mol. The first-order valence-electron chi connectivity index (χ1n) is 5.70. The number of benzene rings is 1. The highest BCUT2D eigenvalue weighted by atomic mass is 35.5. The molecule has 2 aromatic rings. The maximum absolute atomic E-state index is 12.4. The molecule has 1 unspecified atom stereocenters. The van der Waals surface area contributed by atoms with Gasteiger partial charge in [0.1, 0.15) is 10.2 Å². The number of anilines is 1. The Hall–Kier alpha value is -1.02. The molecule has 21 heavy (non-hydrogen) atoms. The molecule has 0 radical (unpaired) electrons. The molecule has 1 heterocycles. The minimum Gasteiger partial charge on any atom is -0.381 e. The number of nitrogens with two attached hydrogens (primary N) is 1. The summed E-state index contributed by atoms with van der Waals surface area (Å²) in [7, 11) is -1.02. The van der Waals surface area contributed by atoms with Crippen LogP contribution in [-0.4, -0.2) is 27.5 Å². The zero-order chi connectivity index (χ0) is 15.6. The van der Waals surface area contributed by atoms with Crippen LogP contribution >= 0.6 is 35.0 Å². The number of rotatable bonds is 3. The lowest BCUT2D eigenvalue weighted by atomic mass is 10.4. The van der Waals surface area contributed by atoms with E-state index >= 15 is 0 Å². The molecule has 0 spiro atoms. The van der Waals surface area contributed by atoms with Gasteiger partial charge < -0.3 is 5.73 Å². The Morgan fingerprint density at radius 3 is 2.71 bits per heavy atom. The van der Waals surface area contributed by atoms with Crippen LogP contribution in [0, 0.1) is 0 Å². The van der Waals surface area contributed by atoms with Crippen LogP contribution in [0.1, 0.15) is 0 Å². The molecule has 2 N–H and O–H groups in total. The van der Waals surface area contributed by atoms with Crippen LogP contribution in [0.15, 0.2) is 43.6 Å². The van der Waals surface area contributed by atoms with Crippen molar-refractivity contribution in [1.82, 2.24) is 9.97 Å². The summed E-state index contributed by atoms with van der Waals surface area (Å²) < 4.78 is 16.3. The largest absolute Gasteiger partial charge is 0.381 e. The van der Waals surface area contributed by atoms with E-state index in [4.69, 9.17) is 28.9 Å². The van der Waals surface area contributed by atoms with E-state index in [1.165, 1.54) is 25.0 Å². The first kappa shape index (κ1) is 16.4. The quantitative estimate of drug-likeness (QED) is 0.901. The van der Waals surface area contributed by atoms with E-state index in [0.717, 1.165) is 0 Å². The van der Waals surface area contributed by atoms with E-state index in [-0.39, 0.29) is 11.0 Å². The number of hydrogen-bond acceptors (Lipinski definition) is 6. The lowest BCUT2D eigenvalue weighted by Crippen LogP contribution is -1.99. The van der Waals surface area contributed by atoms with Crippen molar-refractivity contribution in [3.63, 3.8) is 0 Å². The van der Waals surface area contributed by atoms with Gasteiger partial charge in [-0.2, -0.15) is 0 Å². The van der Waals surface area contributed by atoms with E-state index < -0.39 is 9.73 Å². The second-order valence-electron chi connectivity index (χ2n) is 4.04. The highest BCUT2D eigenvalue weighted by Crippen LogP contribution is 2.38. The third-order valence-corrected chi connectivity index (χ3v) is 6.36. The van der Waals surface area contributed by atoms with E-state index in [2.05, 4.69) is 14.3 Å². The average molecular weight is 363 g/mol. The van der Waals surface area contributed by atoms with E-state index in [0.29, 0.717) is 19.8 Å². The number of nitrogen functional groups attached to an aromatic ring is 1. The summed E-state index contributed by atoms with van der Waals surface area (Å²) in [5.41, 5.74) is 5.77. The molecular formula is C12H12Cl2N4OS2. The lowest BCUT2D eigenvalue weighted by Gasteiger charge is -2.10. The zero-order valence-corrected chi connectivity index (χ0v) is 14.4. The number of halogens is 2. The number of nitrogens with zero attached hydrogens (tertiary/aromatic N) is 3. The van der Waals surface area contributed by atoms with Crippen molar-refractivity contribution in [2.75, 3.05) is 19.0 Å². The van der Waals surface area contributed by atoms with E-state index in [1.807, 2.05) is 0 Å². The highest BCUT2D eigenvalue weighted by molar-refractivity contribution is 7.99. The molecule has 0 amide bonds. The molecule has 1 aromatic heterocycles. The molecule has 2 rings (SSSR count). The van der Waals surface area contributed by atoms with Gasteiger partial charge in [-0.1, -0.05) is 41.0 Å². The Morgan fingerprint density at radius 1 is 1.38 bits per heavy atom. The zero-order valence-electron chi connectivity index (χ0n) is 11.2. The Bertz CT molecular complexity index is 804. The fourth-order valence-electron chi connectivity index (χ4n) is 1.51. The minimum absolute atomic E-state index is 0.214. The standard InChI is InChI=1S/C12H12Cl2N4OS2/c1-16-21(2,19)8-5-3-4-7(10(8)14)20-12-11(15)18-9(13)6-17-12/h3-6H,1-2H3,(H2,15,18). The molecule has 9 heteroatoms. The molecule has 0 aliphatic rings. The Labute approximate surface area is 137 Å². The van der Waals surface area contributed by atoms with Crippen LogP contribution in [0.3, 0.4) is 0 Å². The summed E-state index contributed by atoms with van der Waals surface area (Å²) in [6, 6.07) is 5.24. The van der Waals surface area contributed by atoms with Gasteiger partial charge in [0, 0.05) is 18.2 Å². The summed E-state index contributed by atoms with van der Waals surface area (Å²) in [5, 5.41) is 1.07. The van der Waals surface area contributed by atoms with Gasteiger partial charge in [-0.05, 0) is 12.1 Å². The van der Waals surface area contributed by atoms with Crippen molar-refractivity contribution in [2.45, 2.75) is 14.8 Å². The second-order valence-corrected chi connectivity index (χ2v) is 8.24. The summed E-state index contributed by atoms with van der Waals surface area (Å²) in [5.74, 6) is 0.214. The number of aromatic nitrogens is 2. The summed E-state index contributed by atoms with van der Waals surface area (Å²) >= 11 is 13.3. The van der Waals surface area contributed by atoms with Gasteiger partial charge in [-0.3, -0.25) is 0 Å². The number of hydrogen-bond donors (Lipinski definition) is 1. The molecule has 0 aliphatic heterocycles. The van der Waals surface area contributed by atoms with Gasteiger partial charge in [0.25, 0.3) is 0 Å². The van der Waals surface area contributed by atoms with Crippen LogP contribution < -0.4 is 5.73 Å². The third kappa shape index (κ3) is 3.60. The molecule has 0 fully saturated rings. The fraction of sp³-hybridized carbons (Fsp3) is 0.167. The van der Waals surface area contributed by atoms with Crippen LogP contribution in [0.5, 0.6) is 0 Å². The molecule has 112 valence electrons. The molecule has 5 nitrogen and oxygen atoms in total. The Balaban J connectivity index is 2.47. The molecule has 0 saturated carbocycles. The molecule has 1 atom stereocenters. The van der Waals surface area contributed by atoms with E-state index in [9.17, 15) is 4.21 Å². The highest BCUT2D eigenvalue weighted by Gasteiger charge is 2.15. The van der Waals surface area contributed by atoms with Crippen molar-refractivity contribution in [1.29, 1.82) is 0 Å². The van der Waals surface area contributed by atoms with Gasteiger partial charge in [0.05, 0.1) is 25.8 Å². The summed E-state index contributed by atoms with van der Waals surface area (Å²) in [6.07, 6.45) is 2.95. The third-order valence-electron chi connectivity index (χ3n) is 2.63. The topological polar surface area (TPSA) is 81.2 Å². The van der Waals surface area contributed by atoms with E-state index in [1.54, 1.807) is 24.5 Å². The van der Waals surface area contributed by atoms with Crippen LogP contribution in [0.2, 0.25) is 10.2 Å². The van der Waals surface area contributed by atoms with Crippen molar-refractivity contribution in [3.8, 4) is 0 Å². The van der Waals surface area contributed by atoms with Gasteiger partial charge >= 0.3 is 0 Å². The van der Waals surface area contributed by atoms with Crippen LogP contribution in [0.25, 0.3) is 0 Å². The van der Waals surface area contributed by atoms with Crippen molar-refractivity contribution in [3.05, 3.63) is 34.6 Å². The second kappa shape index (κ2) is 6.39. The monoisotopic (exact) mass is 362 g/mol. The average Bonchev–Trinajstić information content (AvgIpc) is 2.43. The summed E-state index contributed by atoms with van der Waals surface area (Å²) in [6.45, 7) is 0. The molecular weight excluding hydrogens is 351 g/mol. The predicted octanol–water partition coefficient (Wildman–Crippen LogP) is 3.60. The molecule has 0 saturated heterocycles. The van der Waals surface area contributed by atoms with Gasteiger partial charge in [0.15, 0.2) is 5.82 Å². The maximum Gasteiger partial charge on any atom is 0.158 e. The summed E-state index contributed by atoms with van der Waals surface area (Å²) in [4.78, 5) is 9.20. The fourth-order valence-corrected chi connectivity index (χ4v) is 4.17. The molecule has 0 aliphatic carbocycles. The van der Waals surface area contributed by atoms with Crippen LogP contribution in [-0.2, 0) is 9.73 Å². The van der Waals surface area contributed by atoms with Gasteiger partial charge in [-0.15, -0.1) is 0 Å². The van der Waals surface area contributed by atoms with Crippen molar-refractivity contribution >= 4 is 50.5 Å². The van der Waals surface area contributed by atoms with Crippen molar-refractivity contribution < 1.29 is 4.21 Å². The van der Waals surface area contributed by atoms with Crippen LogP contribution in [0.4, 0.5) is 5.82 Å². The minimum atomic E-state index is -2.52. The Kier molecular flexibility index (Phi) is 4.98.